The number of para-hydroxylation sites is 1. The van der Waals surface area contributed by atoms with Crippen LogP contribution >= 0.6 is 23.2 Å². The molecule has 154 valence electrons. The van der Waals surface area contributed by atoms with E-state index in [4.69, 9.17) is 28.2 Å². The van der Waals surface area contributed by atoms with Crippen molar-refractivity contribution in [1.29, 1.82) is 0 Å². The van der Waals surface area contributed by atoms with Crippen molar-refractivity contribution >= 4 is 57.4 Å². The van der Waals surface area contributed by atoms with E-state index in [1.165, 1.54) is 0 Å². The molecular weight excluding hydrogens is 423 g/mol. The minimum atomic E-state index is -0.420. The Balaban J connectivity index is 1.83. The van der Waals surface area contributed by atoms with Crippen molar-refractivity contribution in [2.24, 2.45) is 0 Å². The molecule has 1 aliphatic rings. The second kappa shape index (κ2) is 7.78. The van der Waals surface area contributed by atoms with Crippen molar-refractivity contribution in [3.63, 3.8) is 0 Å². The number of hydrogen-bond acceptors (Lipinski definition) is 3. The van der Waals surface area contributed by atoms with Crippen molar-refractivity contribution in [2.45, 2.75) is 13.8 Å². The molecule has 3 aromatic rings. The number of nitrogens with one attached hydrogen (secondary N) is 1. The van der Waals surface area contributed by atoms with Crippen LogP contribution in [0.25, 0.3) is 10.9 Å². The number of nitrogens with zero attached hydrogens (tertiary/aromatic N) is 3. The Kier molecular flexibility index (Phi) is 5.30. The van der Waals surface area contributed by atoms with Gasteiger partial charge in [0.15, 0.2) is 0 Å². The van der Waals surface area contributed by atoms with Crippen molar-refractivity contribution in [3.05, 3.63) is 63.3 Å². The molecule has 0 bridgehead atoms. The Morgan fingerprint density at radius 2 is 1.73 bits per heavy atom. The maximum atomic E-state index is 12.9. The summed E-state index contributed by atoms with van der Waals surface area (Å²) in [6.45, 7) is 5.10. The van der Waals surface area contributed by atoms with E-state index < -0.39 is 5.91 Å². The fourth-order valence-electron chi connectivity index (χ4n) is 3.68. The van der Waals surface area contributed by atoms with Gasteiger partial charge in [-0.2, -0.15) is 0 Å². The summed E-state index contributed by atoms with van der Waals surface area (Å²) >= 11 is 12.4. The second-order valence-corrected chi connectivity index (χ2v) is 8.09. The first-order valence-corrected chi connectivity index (χ1v) is 10.2. The van der Waals surface area contributed by atoms with Gasteiger partial charge in [0.05, 0.1) is 32.5 Å². The molecule has 3 amide bonds. The number of fused-ring (bicyclic) bond motifs is 1. The lowest BCUT2D eigenvalue weighted by Crippen LogP contribution is -2.30. The van der Waals surface area contributed by atoms with E-state index >= 15 is 0 Å². The molecule has 0 unspecified atom stereocenters. The molecule has 6 nitrogen and oxygen atoms in total. The fourth-order valence-corrected chi connectivity index (χ4v) is 4.25. The van der Waals surface area contributed by atoms with Crippen LogP contribution in [-0.4, -0.2) is 42.0 Å². The smallest absolute Gasteiger partial charge is 0.324 e. The number of hydrogen-bond donors (Lipinski definition) is 1. The summed E-state index contributed by atoms with van der Waals surface area (Å²) in [5.74, 6) is -0.420. The minimum absolute atomic E-state index is 0.0534. The van der Waals surface area contributed by atoms with Crippen LogP contribution in [0.15, 0.2) is 36.4 Å². The molecule has 1 aromatic heterocycles. The average Bonchev–Trinajstić information content (AvgIpc) is 3.02. The number of halogens is 2. The third kappa shape index (κ3) is 3.36. The predicted octanol–water partition coefficient (Wildman–Crippen LogP) is 5.28. The summed E-state index contributed by atoms with van der Waals surface area (Å²) in [6.07, 6.45) is 0. The zero-order chi connectivity index (χ0) is 21.6. The quantitative estimate of drug-likeness (QED) is 0.599. The highest BCUT2D eigenvalue weighted by atomic mass is 35.5. The standard InChI is InChI=1S/C22H20Cl2N4O2/c1-12-13(2)25-19-14(20(12)28-11-10-27(3)22(28)30)6-4-9-17(19)26-21(29)18-15(23)7-5-8-16(18)24/h4-9H,10-11H2,1-3H3,(H,26,29). The summed E-state index contributed by atoms with van der Waals surface area (Å²) in [7, 11) is 1.78. The normalized spacial score (nSPS) is 14.0. The molecule has 0 radical (unpaired) electrons. The van der Waals surface area contributed by atoms with Gasteiger partial charge in [0.25, 0.3) is 5.91 Å². The van der Waals surface area contributed by atoms with Gasteiger partial charge in [-0.15, -0.1) is 0 Å². The van der Waals surface area contributed by atoms with Gasteiger partial charge < -0.3 is 10.2 Å². The predicted molar refractivity (Wildman–Crippen MR) is 121 cm³/mol. The number of carbonyl (C=O) groups is 2. The van der Waals surface area contributed by atoms with Crippen molar-refractivity contribution in [3.8, 4) is 0 Å². The molecule has 0 spiro atoms. The lowest BCUT2D eigenvalue weighted by atomic mass is 10.0. The Morgan fingerprint density at radius 3 is 2.37 bits per heavy atom. The van der Waals surface area contributed by atoms with Crippen molar-refractivity contribution in [1.82, 2.24) is 9.88 Å². The second-order valence-electron chi connectivity index (χ2n) is 7.28. The Morgan fingerprint density at radius 1 is 1.07 bits per heavy atom. The van der Waals surface area contributed by atoms with Crippen LogP contribution in [0.1, 0.15) is 21.6 Å². The number of rotatable bonds is 3. The summed E-state index contributed by atoms with van der Waals surface area (Å²) in [5, 5.41) is 4.22. The van der Waals surface area contributed by atoms with Crippen LogP contribution < -0.4 is 10.2 Å². The Bertz CT molecular complexity index is 1180. The van der Waals surface area contributed by atoms with E-state index in [1.54, 1.807) is 41.1 Å². The molecule has 1 N–H and O–H groups in total. The maximum Gasteiger partial charge on any atom is 0.324 e. The highest BCUT2D eigenvalue weighted by Gasteiger charge is 2.30. The minimum Gasteiger partial charge on any atom is -0.326 e. The Hall–Kier alpha value is -2.83. The number of carbonyl (C=O) groups excluding carboxylic acids is 2. The molecule has 2 heterocycles. The first-order valence-electron chi connectivity index (χ1n) is 9.47. The van der Waals surface area contributed by atoms with Gasteiger partial charge in [-0.3, -0.25) is 14.7 Å². The van der Waals surface area contributed by atoms with Crippen LogP contribution in [0.4, 0.5) is 16.2 Å². The first-order chi connectivity index (χ1) is 14.3. The van der Waals surface area contributed by atoms with Gasteiger partial charge >= 0.3 is 6.03 Å². The fraction of sp³-hybridized carbons (Fsp3) is 0.227. The summed E-state index contributed by atoms with van der Waals surface area (Å²) < 4.78 is 0. The van der Waals surface area contributed by atoms with Gasteiger partial charge in [0.1, 0.15) is 0 Å². The zero-order valence-corrected chi connectivity index (χ0v) is 18.3. The van der Waals surface area contributed by atoms with Crippen LogP contribution in [0, 0.1) is 13.8 Å². The molecule has 1 saturated heterocycles. The molecule has 1 fully saturated rings. The van der Waals surface area contributed by atoms with Crippen LogP contribution in [0.2, 0.25) is 10.0 Å². The van der Waals surface area contributed by atoms with E-state index in [2.05, 4.69) is 5.32 Å². The molecule has 0 aliphatic carbocycles. The molecular formula is C22H20Cl2N4O2. The van der Waals surface area contributed by atoms with E-state index in [9.17, 15) is 9.59 Å². The number of likely N-dealkylation sites (N-methyl/N-ethyl adjacent to an activating group) is 1. The lowest BCUT2D eigenvalue weighted by molar-refractivity contribution is 0.102. The first kappa shape index (κ1) is 20.4. The van der Waals surface area contributed by atoms with Crippen LogP contribution in [-0.2, 0) is 0 Å². The number of aromatic nitrogens is 1. The molecule has 1 aliphatic heterocycles. The third-order valence-corrected chi connectivity index (χ3v) is 6.02. The maximum absolute atomic E-state index is 12.9. The topological polar surface area (TPSA) is 65.5 Å². The van der Waals surface area contributed by atoms with Gasteiger partial charge in [0, 0.05) is 31.2 Å². The number of amides is 3. The molecule has 30 heavy (non-hydrogen) atoms. The summed E-state index contributed by atoms with van der Waals surface area (Å²) in [5.41, 5.74) is 3.88. The number of urea groups is 1. The largest absolute Gasteiger partial charge is 0.326 e. The van der Waals surface area contributed by atoms with Crippen molar-refractivity contribution in [2.75, 3.05) is 30.4 Å². The van der Waals surface area contributed by atoms with Crippen molar-refractivity contribution < 1.29 is 9.59 Å². The van der Waals surface area contributed by atoms with E-state index in [-0.39, 0.29) is 21.6 Å². The third-order valence-electron chi connectivity index (χ3n) is 5.39. The van der Waals surface area contributed by atoms with Gasteiger partial charge in [-0.05, 0) is 37.6 Å². The lowest BCUT2D eigenvalue weighted by Gasteiger charge is -2.22. The number of pyridine rings is 1. The van der Waals surface area contributed by atoms with Gasteiger partial charge in [0.2, 0.25) is 0 Å². The number of benzene rings is 2. The molecule has 2 aromatic carbocycles. The van der Waals surface area contributed by atoms with E-state index in [0.29, 0.717) is 24.3 Å². The van der Waals surface area contributed by atoms with Crippen LogP contribution in [0.5, 0.6) is 0 Å². The van der Waals surface area contributed by atoms with Gasteiger partial charge in [-0.25, -0.2) is 4.79 Å². The summed E-state index contributed by atoms with van der Waals surface area (Å²) in [6, 6.07) is 10.4. The molecule has 0 saturated carbocycles. The summed E-state index contributed by atoms with van der Waals surface area (Å²) in [4.78, 5) is 33.7. The van der Waals surface area contributed by atoms with E-state index in [0.717, 1.165) is 22.3 Å². The highest BCUT2D eigenvalue weighted by molar-refractivity contribution is 6.40. The van der Waals surface area contributed by atoms with Crippen LogP contribution in [0.3, 0.4) is 0 Å². The number of aryl methyl sites for hydroxylation is 1. The van der Waals surface area contributed by atoms with E-state index in [1.807, 2.05) is 26.0 Å². The molecule has 4 rings (SSSR count). The monoisotopic (exact) mass is 442 g/mol. The average molecular weight is 443 g/mol. The molecule has 8 heteroatoms. The zero-order valence-electron chi connectivity index (χ0n) is 16.8. The van der Waals surface area contributed by atoms with Gasteiger partial charge in [-0.1, -0.05) is 41.4 Å². The molecule has 0 atom stereocenters. The number of anilines is 2. The SMILES string of the molecule is Cc1nc2c(NC(=O)c3c(Cl)cccc3Cl)cccc2c(N2CCN(C)C2=O)c1C. The highest BCUT2D eigenvalue weighted by Crippen LogP contribution is 2.36. The Labute approximate surface area is 184 Å².